The maximum absolute atomic E-state index is 14.0. The molecule has 1 heterocycles. The average molecular weight is 527 g/mol. The van der Waals surface area contributed by atoms with Gasteiger partial charge >= 0.3 is 0 Å². The monoisotopic (exact) mass is 526 g/mol. The number of ether oxygens (including phenoxy) is 1. The fraction of sp³-hybridized carbons (Fsp3) is 0.594. The van der Waals surface area contributed by atoms with Crippen LogP contribution in [0, 0.1) is 23.7 Å². The largest absolute Gasteiger partial charge is 0.494 e. The average Bonchev–Trinajstić information content (AvgIpc) is 3.15. The molecule has 5 atom stereocenters. The van der Waals surface area contributed by atoms with Crippen LogP contribution in [0.3, 0.4) is 0 Å². The summed E-state index contributed by atoms with van der Waals surface area (Å²) in [4.78, 5) is 16.0. The van der Waals surface area contributed by atoms with Gasteiger partial charge < -0.3 is 15.0 Å². The molecule has 0 spiro atoms. The zero-order valence-corrected chi connectivity index (χ0v) is 23.6. The van der Waals surface area contributed by atoms with Gasteiger partial charge in [-0.15, -0.1) is 0 Å². The third-order valence-corrected chi connectivity index (χ3v) is 8.67. The molecule has 0 aromatic heterocycles. The van der Waals surface area contributed by atoms with E-state index < -0.39 is 12.0 Å². The fourth-order valence-corrected chi connectivity index (χ4v) is 6.67. The molecule has 208 valence electrons. The van der Waals surface area contributed by atoms with Crippen LogP contribution in [0.2, 0.25) is 0 Å². The molecule has 1 aliphatic carbocycles. The van der Waals surface area contributed by atoms with Gasteiger partial charge in [-0.25, -0.2) is 8.78 Å². The fourth-order valence-electron chi connectivity index (χ4n) is 6.67. The highest BCUT2D eigenvalue weighted by atomic mass is 19.3. The van der Waals surface area contributed by atoms with Crippen molar-refractivity contribution in [2.75, 3.05) is 16.8 Å². The maximum Gasteiger partial charge on any atom is 0.270 e. The lowest BCUT2D eigenvalue weighted by Crippen LogP contribution is -2.43. The van der Waals surface area contributed by atoms with Crippen LogP contribution in [0.1, 0.15) is 78.7 Å². The number of carbonyl (C=O) groups is 1. The van der Waals surface area contributed by atoms with Crippen molar-refractivity contribution in [3.63, 3.8) is 0 Å². The number of carbonyl (C=O) groups excluding carboxylic acids is 1. The third kappa shape index (κ3) is 6.32. The van der Waals surface area contributed by atoms with E-state index in [1.165, 1.54) is 25.0 Å². The van der Waals surface area contributed by atoms with Crippen LogP contribution in [0.25, 0.3) is 0 Å². The summed E-state index contributed by atoms with van der Waals surface area (Å²) in [7, 11) is 0. The van der Waals surface area contributed by atoms with E-state index in [9.17, 15) is 13.6 Å². The Hall–Kier alpha value is -2.63. The van der Waals surface area contributed by atoms with Crippen molar-refractivity contribution in [2.24, 2.45) is 23.7 Å². The molecule has 2 aliphatic rings. The highest BCUT2D eigenvalue weighted by molar-refractivity contribution is 6.02. The summed E-state index contributed by atoms with van der Waals surface area (Å²) in [6.45, 7) is 10.5. The molecule has 4 unspecified atom stereocenters. The second-order valence-corrected chi connectivity index (χ2v) is 11.7. The second-order valence-electron chi connectivity index (χ2n) is 11.7. The minimum atomic E-state index is -2.94. The molecular weight excluding hydrogens is 482 g/mol. The van der Waals surface area contributed by atoms with Crippen LogP contribution < -0.4 is 15.0 Å². The van der Waals surface area contributed by atoms with Crippen LogP contribution in [0.4, 0.5) is 20.2 Å². The molecule has 1 amide bonds. The SMILES string of the molecule is CCC(CC)CCCOc1cccc(N2C(=O)C(Nc3cccc(C(C)(F)F)c3)C3C[C@@H](C)CC(C)C32)c1. The minimum Gasteiger partial charge on any atom is -0.494 e. The first-order valence-corrected chi connectivity index (χ1v) is 14.4. The molecule has 4 nitrogen and oxygen atoms in total. The summed E-state index contributed by atoms with van der Waals surface area (Å²) in [5, 5.41) is 3.37. The van der Waals surface area contributed by atoms with Crippen molar-refractivity contribution in [3.8, 4) is 5.75 Å². The van der Waals surface area contributed by atoms with Gasteiger partial charge in [0.05, 0.1) is 6.61 Å². The first kappa shape index (κ1) is 28.4. The Kier molecular flexibility index (Phi) is 9.00. The number of rotatable bonds is 11. The molecular formula is C32H44F2N2O2. The number of alkyl halides is 2. The van der Waals surface area contributed by atoms with Crippen molar-refractivity contribution in [1.82, 2.24) is 0 Å². The number of halogens is 2. The number of nitrogens with one attached hydrogen (secondary N) is 1. The molecule has 1 aliphatic heterocycles. The predicted octanol–water partition coefficient (Wildman–Crippen LogP) is 8.27. The molecule has 1 N–H and O–H groups in total. The number of anilines is 2. The zero-order chi connectivity index (χ0) is 27.4. The lowest BCUT2D eigenvalue weighted by molar-refractivity contribution is -0.118. The smallest absolute Gasteiger partial charge is 0.270 e. The van der Waals surface area contributed by atoms with E-state index in [2.05, 4.69) is 33.0 Å². The Morgan fingerprint density at radius 2 is 1.82 bits per heavy atom. The van der Waals surface area contributed by atoms with Crippen molar-refractivity contribution in [2.45, 2.75) is 91.1 Å². The molecule has 1 saturated heterocycles. The topological polar surface area (TPSA) is 41.6 Å². The standard InChI is InChI=1S/C32H44F2N2O2/c1-6-23(7-2)11-10-16-38-27-15-9-14-26(20-27)36-30-22(4)17-21(3)18-28(30)29(31(36)37)35-25-13-8-12-24(19-25)32(5,33)34/h8-9,12-15,19-23,28-30,35H,6-7,10-11,16-18H2,1-5H3/t21-,22?,28?,29?,30?/m0/s1. The van der Waals surface area contributed by atoms with Gasteiger partial charge in [0, 0.05) is 41.9 Å². The summed E-state index contributed by atoms with van der Waals surface area (Å²) in [6, 6.07) is 13.8. The Bertz CT molecular complexity index is 1080. The second kappa shape index (κ2) is 12.0. The van der Waals surface area contributed by atoms with Gasteiger partial charge in [0.2, 0.25) is 5.91 Å². The van der Waals surface area contributed by atoms with E-state index in [-0.39, 0.29) is 23.4 Å². The molecule has 2 aromatic rings. The van der Waals surface area contributed by atoms with Gasteiger partial charge in [0.15, 0.2) is 0 Å². The van der Waals surface area contributed by atoms with E-state index in [0.29, 0.717) is 24.1 Å². The lowest BCUT2D eigenvalue weighted by Gasteiger charge is -2.40. The minimum absolute atomic E-state index is 0.000458. The quantitative estimate of drug-likeness (QED) is 0.300. The molecule has 0 radical (unpaired) electrons. The molecule has 4 rings (SSSR count). The van der Waals surface area contributed by atoms with E-state index in [4.69, 9.17) is 4.74 Å². The van der Waals surface area contributed by atoms with Gasteiger partial charge in [0.25, 0.3) is 5.92 Å². The Labute approximate surface area is 227 Å². The van der Waals surface area contributed by atoms with Crippen LogP contribution in [0.5, 0.6) is 5.75 Å². The third-order valence-electron chi connectivity index (χ3n) is 8.67. The summed E-state index contributed by atoms with van der Waals surface area (Å²) >= 11 is 0. The van der Waals surface area contributed by atoms with Crippen LogP contribution in [-0.2, 0) is 10.7 Å². The first-order chi connectivity index (χ1) is 18.1. The summed E-state index contributed by atoms with van der Waals surface area (Å²) < 4.78 is 34.1. The van der Waals surface area contributed by atoms with Crippen molar-refractivity contribution < 1.29 is 18.3 Å². The van der Waals surface area contributed by atoms with Crippen LogP contribution >= 0.6 is 0 Å². The summed E-state index contributed by atoms with van der Waals surface area (Å²) in [5.74, 6) is -0.490. The number of amides is 1. The van der Waals surface area contributed by atoms with E-state index >= 15 is 0 Å². The van der Waals surface area contributed by atoms with Crippen LogP contribution in [-0.4, -0.2) is 24.6 Å². The van der Waals surface area contributed by atoms with Gasteiger partial charge in [-0.05, 0) is 67.7 Å². The number of hydrogen-bond acceptors (Lipinski definition) is 3. The Morgan fingerprint density at radius 3 is 2.53 bits per heavy atom. The molecule has 0 bridgehead atoms. The lowest BCUT2D eigenvalue weighted by atomic mass is 9.72. The van der Waals surface area contributed by atoms with E-state index in [1.54, 1.807) is 12.1 Å². The predicted molar refractivity (Wildman–Crippen MR) is 151 cm³/mol. The van der Waals surface area contributed by atoms with Crippen molar-refractivity contribution in [3.05, 3.63) is 54.1 Å². The molecule has 6 heteroatoms. The molecule has 2 aromatic carbocycles. The van der Waals surface area contributed by atoms with Gasteiger partial charge in [-0.3, -0.25) is 4.79 Å². The number of benzene rings is 2. The number of hydrogen-bond donors (Lipinski definition) is 1. The summed E-state index contributed by atoms with van der Waals surface area (Å²) in [5.41, 5.74) is 1.35. The van der Waals surface area contributed by atoms with Gasteiger partial charge in [0.1, 0.15) is 11.8 Å². The van der Waals surface area contributed by atoms with Crippen molar-refractivity contribution in [1.29, 1.82) is 0 Å². The molecule has 38 heavy (non-hydrogen) atoms. The highest BCUT2D eigenvalue weighted by Crippen LogP contribution is 2.46. The van der Waals surface area contributed by atoms with E-state index in [1.807, 2.05) is 29.2 Å². The first-order valence-electron chi connectivity index (χ1n) is 14.4. The van der Waals surface area contributed by atoms with Crippen LogP contribution in [0.15, 0.2) is 48.5 Å². The van der Waals surface area contributed by atoms with Crippen molar-refractivity contribution >= 4 is 17.3 Å². The summed E-state index contributed by atoms with van der Waals surface area (Å²) in [6.07, 6.45) is 6.55. The molecule has 2 fully saturated rings. The van der Waals surface area contributed by atoms with Gasteiger partial charge in [-0.1, -0.05) is 58.7 Å². The molecule has 1 saturated carbocycles. The van der Waals surface area contributed by atoms with Gasteiger partial charge in [-0.2, -0.15) is 0 Å². The Morgan fingerprint density at radius 1 is 1.08 bits per heavy atom. The number of nitrogens with zero attached hydrogens (tertiary/aromatic N) is 1. The normalized spacial score (nSPS) is 25.5. The van der Waals surface area contributed by atoms with E-state index in [0.717, 1.165) is 50.0 Å². The number of fused-ring (bicyclic) bond motifs is 1. The Balaban J connectivity index is 1.55. The maximum atomic E-state index is 14.0. The highest BCUT2D eigenvalue weighted by Gasteiger charge is 2.53. The zero-order valence-electron chi connectivity index (χ0n) is 23.6.